The van der Waals surface area contributed by atoms with Gasteiger partial charge >= 0.3 is 0 Å². The van der Waals surface area contributed by atoms with Crippen LogP contribution in [-0.2, 0) is 4.79 Å². The van der Waals surface area contributed by atoms with Crippen molar-refractivity contribution in [1.29, 1.82) is 0 Å². The van der Waals surface area contributed by atoms with Crippen LogP contribution in [0.1, 0.15) is 36.0 Å². The number of nitrogens with zero attached hydrogens (tertiary/aromatic N) is 3. The average Bonchev–Trinajstić information content (AvgIpc) is 3.41. The van der Waals surface area contributed by atoms with Gasteiger partial charge in [-0.05, 0) is 54.4 Å². The molecule has 0 bridgehead atoms. The zero-order valence-electron chi connectivity index (χ0n) is 21.3. The van der Waals surface area contributed by atoms with Crippen LogP contribution >= 0.6 is 23.4 Å². The number of carbonyl (C=O) groups excluding carboxylic acids is 1. The predicted molar refractivity (Wildman–Crippen MR) is 155 cm³/mol. The van der Waals surface area contributed by atoms with Crippen LogP contribution in [0.4, 0.5) is 0 Å². The minimum atomic E-state index is -0.400. The number of aromatic nitrogens is 3. The van der Waals surface area contributed by atoms with Gasteiger partial charge in [0.25, 0.3) is 0 Å². The molecule has 0 radical (unpaired) electrons. The van der Waals surface area contributed by atoms with Crippen LogP contribution in [0.15, 0.2) is 120 Å². The smallest absolute Gasteiger partial charge is 0.231 e. The molecule has 5 rings (SSSR count). The van der Waals surface area contributed by atoms with Crippen LogP contribution in [0.2, 0.25) is 5.02 Å². The number of carbonyl (C=O) groups is 1. The standard InChI is InChI=1S/C31H27ClN4O2S/c1-22(38-27-19-17-25(32)18-20-27)30-34-35-31(36(30)26-15-9-4-10-16-26)39-21-28(37)33-29(23-11-5-2-6-12-23)24-13-7-3-8-14-24/h2-20,22,29H,21H2,1H3,(H,33,37)/t22-/m1/s1. The van der Waals surface area contributed by atoms with E-state index < -0.39 is 6.10 Å². The molecule has 0 spiro atoms. The highest BCUT2D eigenvalue weighted by Gasteiger charge is 2.23. The number of para-hydroxylation sites is 1. The van der Waals surface area contributed by atoms with Gasteiger partial charge in [-0.25, -0.2) is 0 Å². The lowest BCUT2D eigenvalue weighted by atomic mass is 9.99. The molecule has 1 atom stereocenters. The lowest BCUT2D eigenvalue weighted by Gasteiger charge is -2.20. The second kappa shape index (κ2) is 12.7. The van der Waals surface area contributed by atoms with Gasteiger partial charge in [0, 0.05) is 10.7 Å². The summed E-state index contributed by atoms with van der Waals surface area (Å²) in [6, 6.07) is 36.7. The van der Waals surface area contributed by atoms with E-state index in [4.69, 9.17) is 16.3 Å². The Labute approximate surface area is 237 Å². The molecule has 1 heterocycles. The van der Waals surface area contributed by atoms with Crippen molar-refractivity contribution in [2.75, 3.05) is 5.75 Å². The van der Waals surface area contributed by atoms with E-state index in [0.717, 1.165) is 16.8 Å². The number of halogens is 1. The largest absolute Gasteiger partial charge is 0.483 e. The van der Waals surface area contributed by atoms with E-state index in [1.165, 1.54) is 11.8 Å². The molecule has 0 fully saturated rings. The van der Waals surface area contributed by atoms with E-state index in [1.54, 1.807) is 12.1 Å². The molecule has 0 aliphatic rings. The second-order valence-electron chi connectivity index (χ2n) is 8.84. The van der Waals surface area contributed by atoms with E-state index >= 15 is 0 Å². The maximum Gasteiger partial charge on any atom is 0.231 e. The first-order chi connectivity index (χ1) is 19.1. The van der Waals surface area contributed by atoms with Crippen molar-refractivity contribution < 1.29 is 9.53 Å². The lowest BCUT2D eigenvalue weighted by molar-refractivity contribution is -0.119. The van der Waals surface area contributed by atoms with Crippen molar-refractivity contribution in [3.05, 3.63) is 137 Å². The third kappa shape index (κ3) is 6.69. The number of ether oxygens (including phenoxy) is 1. The summed E-state index contributed by atoms with van der Waals surface area (Å²) >= 11 is 7.35. The molecule has 196 valence electrons. The SMILES string of the molecule is C[C@@H](Oc1ccc(Cl)cc1)c1nnc(SCC(=O)NC(c2ccccc2)c2ccccc2)n1-c1ccccc1. The van der Waals surface area contributed by atoms with Crippen LogP contribution in [0.5, 0.6) is 5.75 Å². The molecule has 0 saturated carbocycles. The van der Waals surface area contributed by atoms with E-state index in [9.17, 15) is 4.79 Å². The van der Waals surface area contributed by atoms with Gasteiger partial charge in [-0.2, -0.15) is 0 Å². The van der Waals surface area contributed by atoms with E-state index in [0.29, 0.717) is 21.8 Å². The molecule has 0 unspecified atom stereocenters. The van der Waals surface area contributed by atoms with Crippen LogP contribution in [0, 0.1) is 0 Å². The summed E-state index contributed by atoms with van der Waals surface area (Å²) in [5, 5.41) is 13.3. The second-order valence-corrected chi connectivity index (χ2v) is 10.2. The van der Waals surface area contributed by atoms with Gasteiger partial charge in [0.1, 0.15) is 5.75 Å². The van der Waals surface area contributed by atoms with Gasteiger partial charge in [-0.3, -0.25) is 9.36 Å². The lowest BCUT2D eigenvalue weighted by Crippen LogP contribution is -2.30. The zero-order chi connectivity index (χ0) is 27.0. The van der Waals surface area contributed by atoms with E-state index in [1.807, 2.05) is 115 Å². The van der Waals surface area contributed by atoms with Crippen molar-refractivity contribution in [1.82, 2.24) is 20.1 Å². The van der Waals surface area contributed by atoms with Crippen molar-refractivity contribution in [2.24, 2.45) is 0 Å². The minimum Gasteiger partial charge on any atom is -0.483 e. The third-order valence-electron chi connectivity index (χ3n) is 6.07. The number of benzene rings is 4. The highest BCUT2D eigenvalue weighted by Crippen LogP contribution is 2.29. The first kappa shape index (κ1) is 26.5. The van der Waals surface area contributed by atoms with Gasteiger partial charge in [0.05, 0.1) is 11.8 Å². The van der Waals surface area contributed by atoms with Gasteiger partial charge in [0.2, 0.25) is 5.91 Å². The molecule has 0 saturated heterocycles. The van der Waals surface area contributed by atoms with Crippen molar-refractivity contribution in [3.63, 3.8) is 0 Å². The van der Waals surface area contributed by atoms with Crippen LogP contribution in [0.25, 0.3) is 5.69 Å². The number of hydrogen-bond acceptors (Lipinski definition) is 5. The summed E-state index contributed by atoms with van der Waals surface area (Å²) < 4.78 is 8.07. The summed E-state index contributed by atoms with van der Waals surface area (Å²) in [6.45, 7) is 1.92. The topological polar surface area (TPSA) is 69.0 Å². The van der Waals surface area contributed by atoms with Crippen molar-refractivity contribution in [2.45, 2.75) is 24.2 Å². The molecule has 4 aromatic carbocycles. The summed E-state index contributed by atoms with van der Waals surface area (Å²) in [5.41, 5.74) is 2.92. The number of amides is 1. The Kier molecular flexibility index (Phi) is 8.61. The summed E-state index contributed by atoms with van der Waals surface area (Å²) in [4.78, 5) is 13.2. The fraction of sp³-hybridized carbons (Fsp3) is 0.129. The summed E-state index contributed by atoms with van der Waals surface area (Å²) in [6.07, 6.45) is -0.400. The maximum absolute atomic E-state index is 13.2. The highest BCUT2D eigenvalue weighted by atomic mass is 35.5. The third-order valence-corrected chi connectivity index (χ3v) is 7.25. The molecule has 5 aromatic rings. The molecule has 0 aliphatic carbocycles. The van der Waals surface area contributed by atoms with Gasteiger partial charge in [-0.15, -0.1) is 10.2 Å². The van der Waals surface area contributed by atoms with Gasteiger partial charge in [0.15, 0.2) is 17.1 Å². The van der Waals surface area contributed by atoms with Crippen molar-refractivity contribution in [3.8, 4) is 11.4 Å². The van der Waals surface area contributed by atoms with Crippen LogP contribution in [0.3, 0.4) is 0 Å². The normalized spacial score (nSPS) is 11.8. The molecule has 39 heavy (non-hydrogen) atoms. The Morgan fingerprint density at radius 2 is 1.41 bits per heavy atom. The molecular weight excluding hydrogens is 528 g/mol. The number of nitrogens with one attached hydrogen (secondary N) is 1. The average molecular weight is 555 g/mol. The molecular formula is C31H27ClN4O2S. The van der Waals surface area contributed by atoms with Gasteiger partial charge < -0.3 is 10.1 Å². The predicted octanol–water partition coefficient (Wildman–Crippen LogP) is 7.06. The summed E-state index contributed by atoms with van der Waals surface area (Å²) in [7, 11) is 0. The molecule has 1 N–H and O–H groups in total. The fourth-order valence-electron chi connectivity index (χ4n) is 4.21. The Morgan fingerprint density at radius 1 is 0.846 bits per heavy atom. The Hall–Kier alpha value is -4.07. The molecule has 1 aromatic heterocycles. The zero-order valence-corrected chi connectivity index (χ0v) is 22.8. The first-order valence-corrected chi connectivity index (χ1v) is 13.9. The molecule has 6 nitrogen and oxygen atoms in total. The van der Waals surface area contributed by atoms with Crippen LogP contribution in [-0.4, -0.2) is 26.4 Å². The van der Waals surface area contributed by atoms with Crippen LogP contribution < -0.4 is 10.1 Å². The fourth-order valence-corrected chi connectivity index (χ4v) is 5.11. The summed E-state index contributed by atoms with van der Waals surface area (Å²) in [5.74, 6) is 1.38. The Balaban J connectivity index is 1.35. The number of hydrogen-bond donors (Lipinski definition) is 1. The van der Waals surface area contributed by atoms with E-state index in [-0.39, 0.29) is 17.7 Å². The molecule has 8 heteroatoms. The van der Waals surface area contributed by atoms with Gasteiger partial charge in [-0.1, -0.05) is 102 Å². The number of rotatable bonds is 10. The van der Waals surface area contributed by atoms with E-state index in [2.05, 4.69) is 15.5 Å². The van der Waals surface area contributed by atoms with Crippen molar-refractivity contribution >= 4 is 29.3 Å². The first-order valence-electron chi connectivity index (χ1n) is 12.5. The number of thioether (sulfide) groups is 1. The molecule has 0 aliphatic heterocycles. The monoisotopic (exact) mass is 554 g/mol. The Bertz CT molecular complexity index is 1460. The quantitative estimate of drug-likeness (QED) is 0.187. The Morgan fingerprint density at radius 3 is 2.00 bits per heavy atom. The maximum atomic E-state index is 13.2. The highest BCUT2D eigenvalue weighted by molar-refractivity contribution is 7.99. The minimum absolute atomic E-state index is 0.104. The molecule has 1 amide bonds.